The first-order valence-electron chi connectivity index (χ1n) is 8.26. The molecule has 1 fully saturated rings. The van der Waals surface area contributed by atoms with Crippen LogP contribution in [0.15, 0.2) is 30.3 Å². The SMILES string of the molecule is CO[C@H]1OC(COC(=O)c2ccccc2)[C@@H](O)C(OC(C)=O)C1OC(C)=O. The number of aliphatic hydroxyl groups is 1. The standard InChI is InChI=1S/C18H22O9/c1-10(19)25-15-14(21)13(27-18(23-3)16(15)26-11(2)20)9-24-17(22)12-7-5-4-6-8-12/h4-8,13-16,18,21H,9H2,1-3H3/t13?,14-,15?,16?,18+/m1/s1. The lowest BCUT2D eigenvalue weighted by molar-refractivity contribution is -0.299. The molecule has 1 heterocycles. The topological polar surface area (TPSA) is 118 Å². The van der Waals surface area contributed by atoms with Crippen molar-refractivity contribution in [2.24, 2.45) is 0 Å². The van der Waals surface area contributed by atoms with Crippen LogP contribution in [-0.4, -0.2) is 67.4 Å². The Bertz CT molecular complexity index is 660. The van der Waals surface area contributed by atoms with Gasteiger partial charge in [-0.3, -0.25) is 9.59 Å². The second-order valence-electron chi connectivity index (χ2n) is 5.88. The molecule has 5 atom stereocenters. The zero-order valence-electron chi connectivity index (χ0n) is 15.2. The Labute approximate surface area is 156 Å². The normalized spacial score (nSPS) is 27.5. The average molecular weight is 382 g/mol. The number of carbonyl (C=O) groups excluding carboxylic acids is 3. The van der Waals surface area contributed by atoms with Crippen molar-refractivity contribution in [3.8, 4) is 0 Å². The summed E-state index contributed by atoms with van der Waals surface area (Å²) in [7, 11) is 1.30. The Balaban J connectivity index is 2.11. The molecule has 2 rings (SSSR count). The second kappa shape index (κ2) is 9.45. The van der Waals surface area contributed by atoms with Gasteiger partial charge in [0.1, 0.15) is 18.8 Å². The van der Waals surface area contributed by atoms with E-state index in [0.717, 1.165) is 13.8 Å². The quantitative estimate of drug-likeness (QED) is 0.552. The van der Waals surface area contributed by atoms with E-state index in [1.807, 2.05) is 0 Å². The number of rotatable bonds is 6. The van der Waals surface area contributed by atoms with Gasteiger partial charge in [0.05, 0.1) is 5.56 Å². The molecule has 27 heavy (non-hydrogen) atoms. The number of hydrogen-bond acceptors (Lipinski definition) is 9. The van der Waals surface area contributed by atoms with E-state index in [9.17, 15) is 19.5 Å². The first kappa shape index (κ1) is 20.8. The van der Waals surface area contributed by atoms with Gasteiger partial charge in [0.2, 0.25) is 0 Å². The van der Waals surface area contributed by atoms with Crippen LogP contribution in [0.1, 0.15) is 24.2 Å². The molecule has 0 amide bonds. The lowest BCUT2D eigenvalue weighted by atomic mass is 9.98. The molecule has 0 saturated carbocycles. The zero-order valence-corrected chi connectivity index (χ0v) is 15.2. The van der Waals surface area contributed by atoms with Crippen molar-refractivity contribution in [3.05, 3.63) is 35.9 Å². The van der Waals surface area contributed by atoms with Crippen LogP contribution in [0.25, 0.3) is 0 Å². The zero-order chi connectivity index (χ0) is 20.0. The van der Waals surface area contributed by atoms with Gasteiger partial charge in [-0.05, 0) is 12.1 Å². The number of aliphatic hydroxyl groups excluding tert-OH is 1. The minimum Gasteiger partial charge on any atom is -0.459 e. The Hall–Kier alpha value is -2.49. The maximum absolute atomic E-state index is 12.1. The van der Waals surface area contributed by atoms with Gasteiger partial charge in [0, 0.05) is 21.0 Å². The number of benzene rings is 1. The van der Waals surface area contributed by atoms with Crippen molar-refractivity contribution in [2.75, 3.05) is 13.7 Å². The third-order valence-electron chi connectivity index (χ3n) is 3.84. The van der Waals surface area contributed by atoms with E-state index in [1.54, 1.807) is 30.3 Å². The minimum atomic E-state index is -1.41. The number of hydrogen-bond donors (Lipinski definition) is 1. The van der Waals surface area contributed by atoms with E-state index < -0.39 is 48.6 Å². The fourth-order valence-corrected chi connectivity index (χ4v) is 2.68. The molecule has 3 unspecified atom stereocenters. The van der Waals surface area contributed by atoms with Crippen molar-refractivity contribution < 1.29 is 43.2 Å². The smallest absolute Gasteiger partial charge is 0.338 e. The van der Waals surface area contributed by atoms with Gasteiger partial charge in [-0.2, -0.15) is 0 Å². The molecule has 1 saturated heterocycles. The molecule has 148 valence electrons. The lowest BCUT2D eigenvalue weighted by Crippen LogP contribution is -2.61. The van der Waals surface area contributed by atoms with Crippen LogP contribution >= 0.6 is 0 Å². The number of carbonyl (C=O) groups is 3. The summed E-state index contributed by atoms with van der Waals surface area (Å²) in [6.45, 7) is 2.00. The maximum Gasteiger partial charge on any atom is 0.338 e. The van der Waals surface area contributed by atoms with Crippen LogP contribution in [0.2, 0.25) is 0 Å². The van der Waals surface area contributed by atoms with E-state index in [1.165, 1.54) is 7.11 Å². The van der Waals surface area contributed by atoms with Crippen LogP contribution in [0.3, 0.4) is 0 Å². The van der Waals surface area contributed by atoms with Crippen molar-refractivity contribution in [3.63, 3.8) is 0 Å². The molecule has 1 aromatic rings. The van der Waals surface area contributed by atoms with Crippen molar-refractivity contribution in [1.29, 1.82) is 0 Å². The summed E-state index contributed by atoms with van der Waals surface area (Å²) in [5, 5.41) is 10.5. The minimum absolute atomic E-state index is 0.320. The summed E-state index contributed by atoms with van der Waals surface area (Å²) < 4.78 is 26.1. The molecule has 9 heteroatoms. The van der Waals surface area contributed by atoms with Crippen LogP contribution in [0.5, 0.6) is 0 Å². The molecule has 0 aliphatic carbocycles. The maximum atomic E-state index is 12.1. The third kappa shape index (κ3) is 5.49. The first-order valence-corrected chi connectivity index (χ1v) is 8.26. The van der Waals surface area contributed by atoms with Gasteiger partial charge in [-0.1, -0.05) is 18.2 Å². The molecular weight excluding hydrogens is 360 g/mol. The fraction of sp³-hybridized carbons (Fsp3) is 0.500. The first-order chi connectivity index (χ1) is 12.8. The molecule has 0 radical (unpaired) electrons. The molecule has 1 aliphatic rings. The summed E-state index contributed by atoms with van der Waals surface area (Å²) in [4.78, 5) is 34.8. The molecule has 0 bridgehead atoms. The summed E-state index contributed by atoms with van der Waals surface area (Å²) in [5.41, 5.74) is 0.334. The molecular formula is C18H22O9. The largest absolute Gasteiger partial charge is 0.459 e. The van der Waals surface area contributed by atoms with Crippen LogP contribution in [-0.2, 0) is 33.3 Å². The van der Waals surface area contributed by atoms with Gasteiger partial charge in [0.25, 0.3) is 0 Å². The molecule has 1 N–H and O–H groups in total. The van der Waals surface area contributed by atoms with Crippen LogP contribution < -0.4 is 0 Å². The summed E-state index contributed by atoms with van der Waals surface area (Å²) in [5.74, 6) is -1.96. The highest BCUT2D eigenvalue weighted by Gasteiger charge is 2.50. The van der Waals surface area contributed by atoms with Gasteiger partial charge < -0.3 is 28.8 Å². The van der Waals surface area contributed by atoms with Crippen LogP contribution in [0, 0.1) is 0 Å². The fourth-order valence-electron chi connectivity index (χ4n) is 2.68. The highest BCUT2D eigenvalue weighted by atomic mass is 16.7. The van der Waals surface area contributed by atoms with Gasteiger partial charge in [-0.15, -0.1) is 0 Å². The van der Waals surface area contributed by atoms with Crippen molar-refractivity contribution in [2.45, 2.75) is 44.6 Å². The lowest BCUT2D eigenvalue weighted by Gasteiger charge is -2.42. The predicted octanol–water partition coefficient (Wildman–Crippen LogP) is 0.439. The van der Waals surface area contributed by atoms with Crippen molar-refractivity contribution in [1.82, 2.24) is 0 Å². The molecule has 0 aromatic heterocycles. The third-order valence-corrected chi connectivity index (χ3v) is 3.84. The van der Waals surface area contributed by atoms with E-state index in [2.05, 4.69) is 0 Å². The number of ether oxygens (including phenoxy) is 5. The second-order valence-corrected chi connectivity index (χ2v) is 5.88. The number of esters is 3. The van der Waals surface area contributed by atoms with E-state index in [0.29, 0.717) is 5.56 Å². The Morgan fingerprint density at radius 3 is 2.19 bits per heavy atom. The van der Waals surface area contributed by atoms with Crippen LogP contribution in [0.4, 0.5) is 0 Å². The molecule has 0 spiro atoms. The van der Waals surface area contributed by atoms with E-state index in [4.69, 9.17) is 23.7 Å². The molecule has 1 aromatic carbocycles. The number of methoxy groups -OCH3 is 1. The van der Waals surface area contributed by atoms with Gasteiger partial charge in [-0.25, -0.2) is 4.79 Å². The van der Waals surface area contributed by atoms with E-state index >= 15 is 0 Å². The summed E-state index contributed by atoms with van der Waals surface area (Å²) >= 11 is 0. The van der Waals surface area contributed by atoms with E-state index in [-0.39, 0.29) is 6.61 Å². The summed E-state index contributed by atoms with van der Waals surface area (Å²) in [6, 6.07) is 8.29. The predicted molar refractivity (Wildman–Crippen MR) is 89.5 cm³/mol. The van der Waals surface area contributed by atoms with Gasteiger partial charge in [0.15, 0.2) is 18.5 Å². The Morgan fingerprint density at radius 2 is 1.63 bits per heavy atom. The Kier molecular flexibility index (Phi) is 7.28. The monoisotopic (exact) mass is 382 g/mol. The molecule has 9 nitrogen and oxygen atoms in total. The highest BCUT2D eigenvalue weighted by Crippen LogP contribution is 2.27. The molecule has 1 aliphatic heterocycles. The Morgan fingerprint density at radius 1 is 1.04 bits per heavy atom. The van der Waals surface area contributed by atoms with Crippen molar-refractivity contribution >= 4 is 17.9 Å². The van der Waals surface area contributed by atoms with Gasteiger partial charge >= 0.3 is 17.9 Å². The average Bonchev–Trinajstić information content (AvgIpc) is 2.64. The highest BCUT2D eigenvalue weighted by molar-refractivity contribution is 5.89. The summed E-state index contributed by atoms with van der Waals surface area (Å²) in [6.07, 6.45) is -6.01.